The zero-order valence-electron chi connectivity index (χ0n) is 15.9. The van der Waals surface area contributed by atoms with E-state index in [0.29, 0.717) is 44.0 Å². The third-order valence-electron chi connectivity index (χ3n) is 6.16. The van der Waals surface area contributed by atoms with Crippen molar-refractivity contribution in [3.63, 3.8) is 0 Å². The van der Waals surface area contributed by atoms with Crippen molar-refractivity contribution in [1.82, 2.24) is 24.6 Å². The SMILES string of the molecule is CCn1c(C2C(C3CC3)CCN2C(=O)N2CCOCC2(C)C)n[nH]c1=O. The molecule has 2 saturated heterocycles. The molecule has 3 aliphatic rings. The molecule has 1 saturated carbocycles. The Morgan fingerprint density at radius 1 is 1.31 bits per heavy atom. The number of morpholine rings is 1. The number of hydrogen-bond donors (Lipinski definition) is 1. The van der Waals surface area contributed by atoms with E-state index >= 15 is 0 Å². The van der Waals surface area contributed by atoms with Gasteiger partial charge in [0.25, 0.3) is 0 Å². The molecule has 2 aliphatic heterocycles. The summed E-state index contributed by atoms with van der Waals surface area (Å²) < 4.78 is 7.25. The van der Waals surface area contributed by atoms with Crippen molar-refractivity contribution < 1.29 is 9.53 Å². The summed E-state index contributed by atoms with van der Waals surface area (Å²) in [4.78, 5) is 29.5. The normalized spacial score (nSPS) is 28.6. The molecule has 3 heterocycles. The van der Waals surface area contributed by atoms with Gasteiger partial charge in [-0.25, -0.2) is 14.7 Å². The van der Waals surface area contributed by atoms with Crippen molar-refractivity contribution in [1.29, 1.82) is 0 Å². The van der Waals surface area contributed by atoms with Gasteiger partial charge in [0, 0.05) is 19.6 Å². The predicted molar refractivity (Wildman–Crippen MR) is 95.8 cm³/mol. The van der Waals surface area contributed by atoms with Crippen LogP contribution in [-0.2, 0) is 11.3 Å². The average Bonchev–Trinajstić information content (AvgIpc) is 3.25. The molecule has 0 bridgehead atoms. The molecule has 2 atom stereocenters. The van der Waals surface area contributed by atoms with E-state index in [9.17, 15) is 9.59 Å². The van der Waals surface area contributed by atoms with Gasteiger partial charge in [-0.3, -0.25) is 4.57 Å². The number of amides is 2. The number of urea groups is 1. The molecule has 0 aromatic carbocycles. The highest BCUT2D eigenvalue weighted by Crippen LogP contribution is 2.50. The maximum atomic E-state index is 13.5. The number of hydrogen-bond acceptors (Lipinski definition) is 4. The summed E-state index contributed by atoms with van der Waals surface area (Å²) in [6, 6.07) is -0.0721. The van der Waals surface area contributed by atoms with Crippen LogP contribution in [0.3, 0.4) is 0 Å². The van der Waals surface area contributed by atoms with Gasteiger partial charge in [0.2, 0.25) is 0 Å². The number of rotatable bonds is 3. The number of carbonyl (C=O) groups is 1. The highest BCUT2D eigenvalue weighted by molar-refractivity contribution is 5.76. The summed E-state index contributed by atoms with van der Waals surface area (Å²) in [5.41, 5.74) is -0.517. The van der Waals surface area contributed by atoms with Gasteiger partial charge in [0.1, 0.15) is 0 Å². The Kier molecular flexibility index (Phi) is 4.33. The van der Waals surface area contributed by atoms with Crippen LogP contribution in [0, 0.1) is 11.8 Å². The summed E-state index contributed by atoms with van der Waals surface area (Å²) in [6.45, 7) is 9.04. The van der Waals surface area contributed by atoms with Gasteiger partial charge in [-0.2, -0.15) is 5.10 Å². The zero-order chi connectivity index (χ0) is 18.5. The predicted octanol–water partition coefficient (Wildman–Crippen LogP) is 1.60. The second-order valence-electron chi connectivity index (χ2n) is 8.36. The van der Waals surface area contributed by atoms with Gasteiger partial charge in [-0.05, 0) is 51.9 Å². The van der Waals surface area contributed by atoms with E-state index in [4.69, 9.17) is 4.74 Å². The van der Waals surface area contributed by atoms with E-state index in [2.05, 4.69) is 10.2 Å². The van der Waals surface area contributed by atoms with Crippen LogP contribution < -0.4 is 5.69 Å². The van der Waals surface area contributed by atoms with Crippen molar-refractivity contribution in [3.05, 3.63) is 16.3 Å². The second-order valence-corrected chi connectivity index (χ2v) is 8.36. The minimum atomic E-state index is -0.326. The Hall–Kier alpha value is -1.83. The van der Waals surface area contributed by atoms with Crippen LogP contribution in [0.1, 0.15) is 51.9 Å². The number of H-pyrrole nitrogens is 1. The molecule has 0 radical (unpaired) electrons. The lowest BCUT2D eigenvalue weighted by atomic mass is 9.94. The average molecular weight is 363 g/mol. The van der Waals surface area contributed by atoms with Gasteiger partial charge in [0.05, 0.1) is 24.8 Å². The van der Waals surface area contributed by atoms with Crippen molar-refractivity contribution in [2.75, 3.05) is 26.3 Å². The minimum Gasteiger partial charge on any atom is -0.377 e. The lowest BCUT2D eigenvalue weighted by Gasteiger charge is -2.44. The van der Waals surface area contributed by atoms with Crippen molar-refractivity contribution in [2.45, 2.75) is 58.2 Å². The van der Waals surface area contributed by atoms with E-state index in [-0.39, 0.29) is 23.3 Å². The van der Waals surface area contributed by atoms with Crippen molar-refractivity contribution in [2.24, 2.45) is 11.8 Å². The first-order valence-corrected chi connectivity index (χ1v) is 9.75. The third kappa shape index (κ3) is 2.84. The van der Waals surface area contributed by atoms with E-state index in [1.165, 1.54) is 12.8 Å². The molecule has 0 spiro atoms. The lowest BCUT2D eigenvalue weighted by Crippen LogP contribution is -2.59. The molecule has 1 aromatic rings. The van der Waals surface area contributed by atoms with E-state index in [1.54, 1.807) is 4.57 Å². The molecule has 26 heavy (non-hydrogen) atoms. The van der Waals surface area contributed by atoms with Gasteiger partial charge in [0.15, 0.2) is 5.82 Å². The van der Waals surface area contributed by atoms with Crippen LogP contribution in [-0.4, -0.2) is 62.4 Å². The first kappa shape index (κ1) is 17.6. The molecule has 8 nitrogen and oxygen atoms in total. The van der Waals surface area contributed by atoms with Crippen LogP contribution in [0.15, 0.2) is 4.79 Å². The van der Waals surface area contributed by atoms with E-state index in [0.717, 1.165) is 13.0 Å². The lowest BCUT2D eigenvalue weighted by molar-refractivity contribution is -0.0366. The molecular weight excluding hydrogens is 334 g/mol. The fourth-order valence-electron chi connectivity index (χ4n) is 4.61. The Balaban J connectivity index is 1.67. The first-order chi connectivity index (χ1) is 12.4. The van der Waals surface area contributed by atoms with Crippen molar-refractivity contribution >= 4 is 6.03 Å². The number of aromatic nitrogens is 3. The Bertz CT molecular complexity index is 735. The first-order valence-electron chi connectivity index (χ1n) is 9.75. The fourth-order valence-corrected chi connectivity index (χ4v) is 4.61. The van der Waals surface area contributed by atoms with Crippen LogP contribution in [0.5, 0.6) is 0 Å². The number of likely N-dealkylation sites (tertiary alicyclic amines) is 1. The molecule has 4 rings (SSSR count). The van der Waals surface area contributed by atoms with Gasteiger partial charge in [-0.1, -0.05) is 0 Å². The maximum Gasteiger partial charge on any atom is 0.343 e. The van der Waals surface area contributed by atoms with Gasteiger partial charge >= 0.3 is 11.7 Å². The summed E-state index contributed by atoms with van der Waals surface area (Å²) >= 11 is 0. The highest BCUT2D eigenvalue weighted by Gasteiger charge is 2.49. The minimum absolute atomic E-state index is 0.0459. The van der Waals surface area contributed by atoms with Crippen LogP contribution in [0.4, 0.5) is 4.79 Å². The highest BCUT2D eigenvalue weighted by atomic mass is 16.5. The number of aromatic amines is 1. The second kappa shape index (κ2) is 6.40. The number of nitrogens with one attached hydrogen (secondary N) is 1. The molecular formula is C18H29N5O3. The molecule has 1 aliphatic carbocycles. The molecule has 1 N–H and O–H groups in total. The van der Waals surface area contributed by atoms with Gasteiger partial charge in [-0.15, -0.1) is 0 Å². The smallest absolute Gasteiger partial charge is 0.343 e. The number of nitrogens with zero attached hydrogens (tertiary/aromatic N) is 4. The summed E-state index contributed by atoms with van der Waals surface area (Å²) in [5.74, 6) is 1.75. The molecule has 8 heteroatoms. The Morgan fingerprint density at radius 3 is 2.73 bits per heavy atom. The zero-order valence-corrected chi connectivity index (χ0v) is 15.9. The van der Waals surface area contributed by atoms with E-state index in [1.807, 2.05) is 30.6 Å². The number of ether oxygens (including phenoxy) is 1. The summed E-state index contributed by atoms with van der Waals surface area (Å²) in [5, 5.41) is 6.92. The monoisotopic (exact) mass is 363 g/mol. The van der Waals surface area contributed by atoms with Crippen molar-refractivity contribution in [3.8, 4) is 0 Å². The quantitative estimate of drug-likeness (QED) is 0.884. The maximum absolute atomic E-state index is 13.5. The van der Waals surface area contributed by atoms with Gasteiger partial charge < -0.3 is 14.5 Å². The fraction of sp³-hybridized carbons (Fsp3) is 0.833. The topological polar surface area (TPSA) is 83.5 Å². The molecule has 2 unspecified atom stereocenters. The standard InChI is InChI=1S/C18H29N5O3/c1-4-21-15(19-20-16(21)24)14-13(12-5-6-12)7-8-22(14)17(25)23-9-10-26-11-18(23,2)3/h12-14H,4-11H2,1-3H3,(H,20,24). The molecule has 144 valence electrons. The molecule has 1 aromatic heterocycles. The molecule has 3 fully saturated rings. The van der Waals surface area contributed by atoms with Crippen LogP contribution in [0.25, 0.3) is 0 Å². The Labute approximate surface area is 153 Å². The number of carbonyl (C=O) groups excluding carboxylic acids is 1. The largest absolute Gasteiger partial charge is 0.377 e. The summed E-state index contributed by atoms with van der Waals surface area (Å²) in [7, 11) is 0. The Morgan fingerprint density at radius 2 is 2.08 bits per heavy atom. The molecule has 2 amide bonds. The summed E-state index contributed by atoms with van der Waals surface area (Å²) in [6.07, 6.45) is 3.41. The van der Waals surface area contributed by atoms with Crippen LogP contribution >= 0.6 is 0 Å². The van der Waals surface area contributed by atoms with Crippen LogP contribution in [0.2, 0.25) is 0 Å². The third-order valence-corrected chi connectivity index (χ3v) is 6.16. The van der Waals surface area contributed by atoms with E-state index < -0.39 is 0 Å².